The van der Waals surface area contributed by atoms with Crippen molar-refractivity contribution < 1.29 is 14.6 Å². The lowest BCUT2D eigenvalue weighted by Crippen LogP contribution is -1.96. The molecule has 1 N–H and O–H groups in total. The summed E-state index contributed by atoms with van der Waals surface area (Å²) >= 11 is 0. The Balaban J connectivity index is 0.000000394. The number of carboxylic acid groups (broad SMARTS) is 1. The zero-order chi connectivity index (χ0) is 21.2. The fourth-order valence-electron chi connectivity index (χ4n) is 2.10. The Labute approximate surface area is 168 Å². The molecular formula is C21H32N4O3. The smallest absolute Gasteiger partial charge is 0.307 e. The van der Waals surface area contributed by atoms with E-state index in [1.165, 1.54) is 0 Å². The molecule has 2 aromatic heterocycles. The number of carbonyl (C=O) groups is 1. The van der Waals surface area contributed by atoms with Crippen LogP contribution in [0.5, 0.6) is 5.88 Å². The van der Waals surface area contributed by atoms with Gasteiger partial charge in [0.2, 0.25) is 5.88 Å². The average Bonchev–Trinajstić information content (AvgIpc) is 2.74. The number of ether oxygens (including phenoxy) is 1. The fraction of sp³-hybridized carbons (Fsp3) is 0.476. The van der Waals surface area contributed by atoms with Crippen molar-refractivity contribution in [3.8, 4) is 5.88 Å². The van der Waals surface area contributed by atoms with Crippen LogP contribution in [0.2, 0.25) is 0 Å². The molecule has 0 atom stereocenters. The Bertz CT molecular complexity index is 612. The molecule has 0 unspecified atom stereocenters. The van der Waals surface area contributed by atoms with E-state index >= 15 is 0 Å². The molecule has 0 radical (unpaired) electrons. The molecule has 7 nitrogen and oxygen atoms in total. The Morgan fingerprint density at radius 2 is 1.32 bits per heavy atom. The monoisotopic (exact) mass is 388 g/mol. The molecule has 0 bridgehead atoms. The summed E-state index contributed by atoms with van der Waals surface area (Å²) in [5, 5.41) is 8.09. The first kappa shape index (κ1) is 25.2. The van der Waals surface area contributed by atoms with Gasteiger partial charge in [0.05, 0.1) is 24.9 Å². The van der Waals surface area contributed by atoms with Crippen LogP contribution in [-0.4, -0.2) is 38.1 Å². The number of methoxy groups -OCH3 is 1. The van der Waals surface area contributed by atoms with Crippen LogP contribution >= 0.6 is 0 Å². The van der Waals surface area contributed by atoms with Crippen LogP contribution in [0.15, 0.2) is 36.9 Å². The topological polar surface area (TPSA) is 98.1 Å². The van der Waals surface area contributed by atoms with Gasteiger partial charge in [0.25, 0.3) is 0 Å². The molecule has 28 heavy (non-hydrogen) atoms. The maximum atomic E-state index is 9.82. The molecule has 154 valence electrons. The lowest BCUT2D eigenvalue weighted by Gasteiger charge is -2.01. The highest BCUT2D eigenvalue weighted by Gasteiger charge is 1.99. The second-order valence-corrected chi connectivity index (χ2v) is 5.50. The third-order valence-electron chi connectivity index (χ3n) is 3.49. The van der Waals surface area contributed by atoms with Gasteiger partial charge in [-0.15, -0.1) is 0 Å². The molecule has 7 heteroatoms. The summed E-state index contributed by atoms with van der Waals surface area (Å²) in [6.07, 6.45) is 14.2. The molecule has 0 aliphatic carbocycles. The zero-order valence-corrected chi connectivity index (χ0v) is 17.6. The molecule has 2 rings (SSSR count). The van der Waals surface area contributed by atoms with Crippen LogP contribution in [-0.2, 0) is 24.1 Å². The van der Waals surface area contributed by atoms with Gasteiger partial charge in [0.15, 0.2) is 0 Å². The third kappa shape index (κ3) is 11.0. The van der Waals surface area contributed by atoms with Gasteiger partial charge in [-0.05, 0) is 25.7 Å². The van der Waals surface area contributed by atoms with E-state index in [9.17, 15) is 4.79 Å². The summed E-state index contributed by atoms with van der Waals surface area (Å²) in [5.41, 5.74) is 3.17. The average molecular weight is 389 g/mol. The van der Waals surface area contributed by atoms with Crippen LogP contribution in [0.25, 0.3) is 0 Å². The second kappa shape index (κ2) is 16.4. The van der Waals surface area contributed by atoms with E-state index in [1.54, 1.807) is 38.0 Å². The third-order valence-corrected chi connectivity index (χ3v) is 3.49. The Kier molecular flexibility index (Phi) is 14.7. The highest BCUT2D eigenvalue weighted by atomic mass is 16.5. The van der Waals surface area contributed by atoms with Gasteiger partial charge in [-0.3, -0.25) is 19.7 Å². The number of nitrogens with zero attached hydrogens (tertiary/aromatic N) is 4. The summed E-state index contributed by atoms with van der Waals surface area (Å²) in [6.45, 7) is 8.19. The van der Waals surface area contributed by atoms with Crippen LogP contribution in [0.3, 0.4) is 0 Å². The maximum Gasteiger partial charge on any atom is 0.307 e. The van der Waals surface area contributed by atoms with Gasteiger partial charge in [-0.1, -0.05) is 39.8 Å². The van der Waals surface area contributed by atoms with Crippen LogP contribution < -0.4 is 4.74 Å². The van der Waals surface area contributed by atoms with E-state index in [4.69, 9.17) is 9.84 Å². The van der Waals surface area contributed by atoms with Crippen molar-refractivity contribution in [1.29, 1.82) is 0 Å². The van der Waals surface area contributed by atoms with Crippen molar-refractivity contribution in [3.05, 3.63) is 54.0 Å². The molecule has 0 amide bonds. The van der Waals surface area contributed by atoms with Crippen molar-refractivity contribution in [2.24, 2.45) is 0 Å². The number of carboxylic acids is 1. The lowest BCUT2D eigenvalue weighted by molar-refractivity contribution is -0.136. The highest BCUT2D eigenvalue weighted by molar-refractivity contribution is 5.68. The second-order valence-electron chi connectivity index (χ2n) is 5.50. The van der Waals surface area contributed by atoms with Gasteiger partial charge in [-0.2, -0.15) is 0 Å². The molecule has 0 fully saturated rings. The number of hydrogen-bond acceptors (Lipinski definition) is 6. The van der Waals surface area contributed by atoms with Crippen molar-refractivity contribution >= 4 is 5.97 Å². The van der Waals surface area contributed by atoms with Crippen molar-refractivity contribution in [1.82, 2.24) is 19.9 Å². The van der Waals surface area contributed by atoms with E-state index in [-0.39, 0.29) is 6.42 Å². The van der Waals surface area contributed by atoms with Crippen molar-refractivity contribution in [2.45, 2.75) is 59.8 Å². The van der Waals surface area contributed by atoms with E-state index in [2.05, 4.69) is 33.8 Å². The standard InChI is InChI=1S/C8H12N2.C7H10N2O.C6H10O2/c1-3-7-8(4-2)10-6-5-9-7;1-3-6-7(10-2)9-5-4-8-6;1-2-3-4-5-6(7)8/h5-6H,3-4H2,1-2H3;4-5H,3H2,1-2H3;3-4H,2,5H2,1H3,(H,7,8). The molecule has 0 saturated carbocycles. The number of aryl methyl sites for hydroxylation is 3. The Morgan fingerprint density at radius 3 is 1.68 bits per heavy atom. The van der Waals surface area contributed by atoms with Crippen molar-refractivity contribution in [3.63, 3.8) is 0 Å². The van der Waals surface area contributed by atoms with E-state index in [0.717, 1.165) is 42.8 Å². The molecular weight excluding hydrogens is 356 g/mol. The maximum absolute atomic E-state index is 9.82. The largest absolute Gasteiger partial charge is 0.481 e. The molecule has 0 aliphatic heterocycles. The predicted octanol–water partition coefficient (Wildman–Crippen LogP) is 4.08. The first-order chi connectivity index (χ1) is 13.5. The minimum Gasteiger partial charge on any atom is -0.481 e. The number of aromatic nitrogens is 4. The summed E-state index contributed by atoms with van der Waals surface area (Å²) in [7, 11) is 1.60. The number of aliphatic carboxylic acids is 1. The molecule has 0 spiro atoms. The van der Waals surface area contributed by atoms with Gasteiger partial charge >= 0.3 is 5.97 Å². The van der Waals surface area contributed by atoms with Crippen LogP contribution in [0.4, 0.5) is 0 Å². The normalized spacial score (nSPS) is 9.75. The number of allylic oxidation sites excluding steroid dienone is 1. The van der Waals surface area contributed by atoms with Crippen molar-refractivity contribution in [2.75, 3.05) is 7.11 Å². The summed E-state index contributed by atoms with van der Waals surface area (Å²) in [6, 6.07) is 0. The predicted molar refractivity (Wildman–Crippen MR) is 110 cm³/mol. The van der Waals surface area contributed by atoms with E-state index < -0.39 is 5.97 Å². The minimum absolute atomic E-state index is 0.147. The zero-order valence-electron chi connectivity index (χ0n) is 17.6. The summed E-state index contributed by atoms with van der Waals surface area (Å²) < 4.78 is 4.96. The number of rotatable bonds is 7. The first-order valence-corrected chi connectivity index (χ1v) is 9.53. The number of hydrogen-bond donors (Lipinski definition) is 1. The van der Waals surface area contributed by atoms with Crippen LogP contribution in [0.1, 0.15) is 57.6 Å². The first-order valence-electron chi connectivity index (χ1n) is 9.53. The van der Waals surface area contributed by atoms with Gasteiger partial charge < -0.3 is 9.84 Å². The molecule has 2 aromatic rings. The van der Waals surface area contributed by atoms with Gasteiger partial charge in [-0.25, -0.2) is 4.98 Å². The molecule has 0 aromatic carbocycles. The van der Waals surface area contributed by atoms with Gasteiger partial charge in [0, 0.05) is 24.8 Å². The minimum atomic E-state index is -0.769. The molecule has 0 saturated heterocycles. The Hall–Kier alpha value is -2.83. The van der Waals surface area contributed by atoms with E-state index in [1.807, 2.05) is 19.9 Å². The fourth-order valence-corrected chi connectivity index (χ4v) is 2.10. The lowest BCUT2D eigenvalue weighted by atomic mass is 10.2. The quantitative estimate of drug-likeness (QED) is 0.714. The summed E-state index contributed by atoms with van der Waals surface area (Å²) in [4.78, 5) is 26.3. The van der Waals surface area contributed by atoms with Crippen LogP contribution in [0, 0.1) is 0 Å². The molecule has 0 aliphatic rings. The van der Waals surface area contributed by atoms with Gasteiger partial charge in [0.1, 0.15) is 5.69 Å². The van der Waals surface area contributed by atoms with E-state index in [0.29, 0.717) is 5.88 Å². The SMILES string of the molecule is CCC=CCC(=O)O.CCc1nccnc1CC.CCc1nccnc1OC. The highest BCUT2D eigenvalue weighted by Crippen LogP contribution is 2.09. The molecule has 2 heterocycles. The summed E-state index contributed by atoms with van der Waals surface area (Å²) in [5.74, 6) is -0.139. The Morgan fingerprint density at radius 1 is 0.857 bits per heavy atom.